The van der Waals surface area contributed by atoms with Crippen molar-refractivity contribution in [2.45, 2.75) is 71.1 Å². The van der Waals surface area contributed by atoms with Crippen molar-refractivity contribution in [2.75, 3.05) is 18.5 Å². The van der Waals surface area contributed by atoms with Gasteiger partial charge in [-0.2, -0.15) is 25.7 Å². The minimum atomic E-state index is -0.440. The summed E-state index contributed by atoms with van der Waals surface area (Å²) >= 11 is 3.44. The maximum atomic E-state index is 10.6. The Hall–Kier alpha value is -4.95. The molecule has 4 aromatic rings. The summed E-state index contributed by atoms with van der Waals surface area (Å²) in [5, 5.41) is 37.0. The number of rotatable bonds is 20. The SMILES string of the molecule is CCCCCCCCOc1ccc(N=Nc2ccc([N+](=O)[O-])cc2)cc1.N#Cc1ccc(N=Nc2ccc(OCCCCCCBr)cc2)cc1. The first kappa shape index (κ1) is 39.5. The van der Waals surface area contributed by atoms with E-state index < -0.39 is 4.92 Å². The van der Waals surface area contributed by atoms with Crippen molar-refractivity contribution in [1.82, 2.24) is 0 Å². The lowest BCUT2D eigenvalue weighted by atomic mass is 10.1. The van der Waals surface area contributed by atoms with Crippen LogP contribution in [0, 0.1) is 21.4 Å². The van der Waals surface area contributed by atoms with Gasteiger partial charge in [0, 0.05) is 17.5 Å². The van der Waals surface area contributed by atoms with Gasteiger partial charge >= 0.3 is 0 Å². The van der Waals surface area contributed by atoms with E-state index in [1.807, 2.05) is 48.5 Å². The monoisotopic (exact) mass is 740 g/mol. The Morgan fingerprint density at radius 2 is 0.980 bits per heavy atom. The molecular weight excluding hydrogens is 696 g/mol. The molecule has 50 heavy (non-hydrogen) atoms. The third-order valence-corrected chi connectivity index (χ3v) is 7.92. The van der Waals surface area contributed by atoms with Crippen LogP contribution in [0.5, 0.6) is 11.5 Å². The Bertz CT molecular complexity index is 1620. The van der Waals surface area contributed by atoms with Gasteiger partial charge < -0.3 is 9.47 Å². The Labute approximate surface area is 303 Å². The minimum absolute atomic E-state index is 0.0378. The number of unbranched alkanes of at least 4 members (excludes halogenated alkanes) is 8. The Balaban J connectivity index is 0.000000271. The molecule has 0 unspecified atom stereocenters. The van der Waals surface area contributed by atoms with Gasteiger partial charge in [-0.1, -0.05) is 67.8 Å². The fourth-order valence-electron chi connectivity index (χ4n) is 4.51. The molecule has 0 aliphatic carbocycles. The number of hydrogen-bond acceptors (Lipinski definition) is 9. The summed E-state index contributed by atoms with van der Waals surface area (Å²) in [5.74, 6) is 1.68. The van der Waals surface area contributed by atoms with Crippen LogP contribution in [0.4, 0.5) is 28.4 Å². The quantitative estimate of drug-likeness (QED) is 0.0292. The topological polar surface area (TPSA) is 135 Å². The van der Waals surface area contributed by atoms with Crippen molar-refractivity contribution < 1.29 is 14.4 Å². The maximum Gasteiger partial charge on any atom is 0.269 e. The molecule has 0 aromatic heterocycles. The van der Waals surface area contributed by atoms with Crippen LogP contribution in [0.1, 0.15) is 76.7 Å². The van der Waals surface area contributed by atoms with Crippen molar-refractivity contribution in [3.8, 4) is 17.6 Å². The van der Waals surface area contributed by atoms with Crippen LogP contribution in [0.3, 0.4) is 0 Å². The van der Waals surface area contributed by atoms with Crippen molar-refractivity contribution >= 4 is 44.4 Å². The first-order valence-corrected chi connectivity index (χ1v) is 18.2. The molecule has 4 aromatic carbocycles. The first-order chi connectivity index (χ1) is 24.5. The van der Waals surface area contributed by atoms with Gasteiger partial charge in [0.15, 0.2) is 0 Å². The summed E-state index contributed by atoms with van der Waals surface area (Å²) < 4.78 is 11.4. The first-order valence-electron chi connectivity index (χ1n) is 17.1. The zero-order valence-electron chi connectivity index (χ0n) is 28.6. The molecule has 0 amide bonds. The number of ether oxygens (including phenoxy) is 2. The summed E-state index contributed by atoms with van der Waals surface area (Å²) in [5.41, 5.74) is 3.41. The molecule has 0 N–H and O–H groups in total. The maximum absolute atomic E-state index is 10.6. The van der Waals surface area contributed by atoms with E-state index in [1.54, 1.807) is 36.4 Å². The van der Waals surface area contributed by atoms with Crippen LogP contribution >= 0.6 is 15.9 Å². The molecule has 11 heteroatoms. The lowest BCUT2D eigenvalue weighted by molar-refractivity contribution is -0.384. The van der Waals surface area contributed by atoms with Gasteiger partial charge in [0.05, 0.1) is 52.5 Å². The van der Waals surface area contributed by atoms with Crippen molar-refractivity contribution in [3.63, 3.8) is 0 Å². The van der Waals surface area contributed by atoms with Gasteiger partial charge in [0.2, 0.25) is 0 Å². The number of nitriles is 1. The van der Waals surface area contributed by atoms with Crippen LogP contribution in [0.15, 0.2) is 118 Å². The second-order valence-electron chi connectivity index (χ2n) is 11.4. The molecule has 0 bridgehead atoms. The number of alkyl halides is 1. The summed E-state index contributed by atoms with van der Waals surface area (Å²) in [7, 11) is 0. The third kappa shape index (κ3) is 16.4. The molecular formula is C39H45BrN6O4. The van der Waals surface area contributed by atoms with E-state index in [2.05, 4.69) is 49.4 Å². The highest BCUT2D eigenvalue weighted by Gasteiger charge is 2.03. The predicted octanol–water partition coefficient (Wildman–Crippen LogP) is 13.1. The van der Waals surface area contributed by atoms with Gasteiger partial charge in [-0.25, -0.2) is 0 Å². The fourth-order valence-corrected chi connectivity index (χ4v) is 4.90. The van der Waals surface area contributed by atoms with E-state index in [9.17, 15) is 10.1 Å². The van der Waals surface area contributed by atoms with Crippen molar-refractivity contribution in [3.05, 3.63) is 113 Å². The van der Waals surface area contributed by atoms with E-state index >= 15 is 0 Å². The number of benzene rings is 4. The molecule has 262 valence electrons. The summed E-state index contributed by atoms with van der Waals surface area (Å²) in [6, 6.07) is 30.0. The fraction of sp³-hybridized carbons (Fsp3) is 0.359. The Morgan fingerprint density at radius 1 is 0.600 bits per heavy atom. The Kier molecular flexibility index (Phi) is 19.1. The molecule has 0 radical (unpaired) electrons. The predicted molar refractivity (Wildman–Crippen MR) is 202 cm³/mol. The van der Waals surface area contributed by atoms with Gasteiger partial charge in [-0.3, -0.25) is 10.1 Å². The van der Waals surface area contributed by atoms with Gasteiger partial charge in [-0.15, -0.1) is 0 Å². The van der Waals surface area contributed by atoms with Crippen LogP contribution in [0.25, 0.3) is 0 Å². The van der Waals surface area contributed by atoms with E-state index in [0.29, 0.717) is 16.9 Å². The molecule has 0 saturated heterocycles. The van der Waals surface area contributed by atoms with Crippen LogP contribution in [-0.2, 0) is 0 Å². The van der Waals surface area contributed by atoms with E-state index in [0.717, 1.165) is 54.3 Å². The minimum Gasteiger partial charge on any atom is -0.494 e. The number of nitro groups is 1. The molecule has 0 heterocycles. The highest BCUT2D eigenvalue weighted by atomic mass is 79.9. The van der Waals surface area contributed by atoms with Crippen molar-refractivity contribution in [1.29, 1.82) is 5.26 Å². The molecule has 0 atom stereocenters. The second kappa shape index (κ2) is 24.2. The lowest BCUT2D eigenvalue weighted by Crippen LogP contribution is -1.96. The smallest absolute Gasteiger partial charge is 0.269 e. The molecule has 4 rings (SSSR count). The summed E-state index contributed by atoms with van der Waals surface area (Å²) in [6.45, 7) is 3.70. The normalized spacial score (nSPS) is 10.8. The summed E-state index contributed by atoms with van der Waals surface area (Å²) in [4.78, 5) is 10.2. The molecule has 10 nitrogen and oxygen atoms in total. The average molecular weight is 742 g/mol. The Morgan fingerprint density at radius 3 is 1.38 bits per heavy atom. The van der Waals surface area contributed by atoms with Crippen molar-refractivity contribution in [2.24, 2.45) is 20.5 Å². The number of halogens is 1. The van der Waals surface area contributed by atoms with E-state index in [-0.39, 0.29) is 5.69 Å². The average Bonchev–Trinajstić information content (AvgIpc) is 3.15. The van der Waals surface area contributed by atoms with Gasteiger partial charge in [-0.05, 0) is 104 Å². The molecule has 0 saturated carbocycles. The number of hydrogen-bond donors (Lipinski definition) is 0. The number of nitro benzene ring substituents is 1. The summed E-state index contributed by atoms with van der Waals surface area (Å²) in [6.07, 6.45) is 12.2. The zero-order valence-corrected chi connectivity index (χ0v) is 30.2. The highest BCUT2D eigenvalue weighted by Crippen LogP contribution is 2.24. The largest absolute Gasteiger partial charge is 0.494 e. The standard InChI is InChI=1S/C20H25N3O3.C19H20BrN3O/c1-2-3-4-5-6-7-16-26-20-14-10-18(11-15-20)22-21-17-8-12-19(13-9-17)23(24)25;20-13-3-1-2-4-14-24-19-11-9-18(10-12-19)23-22-17-7-5-16(15-21)6-8-17/h8-15H,2-7,16H2,1H3;5-12H,1-4,13-14H2. The van der Waals surface area contributed by atoms with E-state index in [1.165, 1.54) is 63.5 Å². The molecule has 0 aliphatic heterocycles. The van der Waals surface area contributed by atoms with Gasteiger partial charge in [0.25, 0.3) is 5.69 Å². The molecule has 0 fully saturated rings. The van der Waals surface area contributed by atoms with Crippen LogP contribution < -0.4 is 9.47 Å². The molecule has 0 spiro atoms. The number of azo groups is 2. The lowest BCUT2D eigenvalue weighted by Gasteiger charge is -2.06. The zero-order chi connectivity index (χ0) is 35.7. The number of nitrogens with zero attached hydrogens (tertiary/aromatic N) is 6. The van der Waals surface area contributed by atoms with E-state index in [4.69, 9.17) is 14.7 Å². The molecule has 0 aliphatic rings. The van der Waals surface area contributed by atoms with Gasteiger partial charge in [0.1, 0.15) is 11.5 Å². The second-order valence-corrected chi connectivity index (χ2v) is 12.2. The van der Waals surface area contributed by atoms with Crippen LogP contribution in [-0.4, -0.2) is 23.5 Å². The highest BCUT2D eigenvalue weighted by molar-refractivity contribution is 9.09. The number of non-ortho nitro benzene ring substituents is 1. The third-order valence-electron chi connectivity index (χ3n) is 7.36. The van der Waals surface area contributed by atoms with Crippen LogP contribution in [0.2, 0.25) is 0 Å².